The molecule has 1 aliphatic rings. The van der Waals surface area contributed by atoms with Crippen molar-refractivity contribution < 1.29 is 13.2 Å². The van der Waals surface area contributed by atoms with Crippen molar-refractivity contribution in [3.05, 3.63) is 30.0 Å². The predicted octanol–water partition coefficient (Wildman–Crippen LogP) is 3.08. The summed E-state index contributed by atoms with van der Waals surface area (Å²) in [6, 6.07) is 6.92. The van der Waals surface area contributed by atoms with Crippen molar-refractivity contribution >= 4 is 26.8 Å². The van der Waals surface area contributed by atoms with Crippen LogP contribution in [0.15, 0.2) is 29.2 Å². The van der Waals surface area contributed by atoms with Crippen LogP contribution in [0.3, 0.4) is 0 Å². The average Bonchev–Trinajstić information content (AvgIpc) is 2.98. The maximum Gasteiger partial charge on any atom is 0.270 e. The smallest absolute Gasteiger partial charge is 0.270 e. The molecule has 7 heteroatoms. The van der Waals surface area contributed by atoms with Crippen LogP contribution in [0.25, 0.3) is 10.9 Å². The SMILES string of the molecule is CCN(CC)S(=O)(=O)c1ccc2c(c1)cc(C(=O)N1CCC[C@H](C)C1)n2C. The Morgan fingerprint density at radius 1 is 1.22 bits per heavy atom. The fourth-order valence-electron chi connectivity index (χ4n) is 3.94. The van der Waals surface area contributed by atoms with Crippen LogP contribution in [0, 0.1) is 5.92 Å². The van der Waals surface area contributed by atoms with Crippen LogP contribution in [-0.2, 0) is 17.1 Å². The number of sulfonamides is 1. The predicted molar refractivity (Wildman–Crippen MR) is 107 cm³/mol. The number of hydrogen-bond donors (Lipinski definition) is 0. The van der Waals surface area contributed by atoms with Gasteiger partial charge in [0, 0.05) is 44.1 Å². The van der Waals surface area contributed by atoms with Crippen LogP contribution in [0.1, 0.15) is 44.1 Å². The monoisotopic (exact) mass is 391 g/mol. The molecule has 0 N–H and O–H groups in total. The molecule has 0 spiro atoms. The third-order valence-electron chi connectivity index (χ3n) is 5.52. The van der Waals surface area contributed by atoms with E-state index in [1.807, 2.05) is 36.4 Å². The summed E-state index contributed by atoms with van der Waals surface area (Å²) in [5.41, 5.74) is 1.47. The molecule has 1 aromatic heterocycles. The van der Waals surface area contributed by atoms with Crippen LogP contribution in [0.2, 0.25) is 0 Å². The first-order valence-corrected chi connectivity index (χ1v) is 11.1. The highest BCUT2D eigenvalue weighted by molar-refractivity contribution is 7.89. The number of carbonyl (C=O) groups excluding carboxylic acids is 1. The Kier molecular flexibility index (Phi) is 5.63. The third-order valence-corrected chi connectivity index (χ3v) is 7.57. The molecule has 0 aliphatic carbocycles. The Hall–Kier alpha value is -1.86. The van der Waals surface area contributed by atoms with Gasteiger partial charge in [0.1, 0.15) is 5.69 Å². The van der Waals surface area contributed by atoms with Crippen molar-refractivity contribution in [1.29, 1.82) is 0 Å². The van der Waals surface area contributed by atoms with Crippen molar-refractivity contribution in [1.82, 2.24) is 13.8 Å². The van der Waals surface area contributed by atoms with Gasteiger partial charge in [0.2, 0.25) is 10.0 Å². The zero-order valence-electron chi connectivity index (χ0n) is 16.6. The molecule has 1 atom stereocenters. The second kappa shape index (κ2) is 7.64. The highest BCUT2D eigenvalue weighted by Gasteiger charge is 2.26. The van der Waals surface area contributed by atoms with Gasteiger partial charge in [0.25, 0.3) is 5.91 Å². The Labute approximate surface area is 161 Å². The van der Waals surface area contributed by atoms with Crippen molar-refractivity contribution in [3.8, 4) is 0 Å². The zero-order valence-corrected chi connectivity index (χ0v) is 17.4. The van der Waals surface area contributed by atoms with Crippen LogP contribution >= 0.6 is 0 Å². The van der Waals surface area contributed by atoms with E-state index in [1.54, 1.807) is 18.2 Å². The van der Waals surface area contributed by atoms with E-state index in [9.17, 15) is 13.2 Å². The lowest BCUT2D eigenvalue weighted by Crippen LogP contribution is -2.39. The van der Waals surface area contributed by atoms with Gasteiger partial charge in [0.05, 0.1) is 4.90 Å². The molecule has 1 saturated heterocycles. The highest BCUT2D eigenvalue weighted by atomic mass is 32.2. The molecule has 1 amide bonds. The number of piperidine rings is 1. The zero-order chi connectivity index (χ0) is 19.8. The van der Waals surface area contributed by atoms with Gasteiger partial charge in [-0.15, -0.1) is 0 Å². The van der Waals surface area contributed by atoms with E-state index in [1.165, 1.54) is 4.31 Å². The van der Waals surface area contributed by atoms with Crippen molar-refractivity contribution in [2.24, 2.45) is 13.0 Å². The summed E-state index contributed by atoms with van der Waals surface area (Å²) in [5.74, 6) is 0.539. The summed E-state index contributed by atoms with van der Waals surface area (Å²) < 4.78 is 28.9. The molecule has 0 bridgehead atoms. The maximum absolute atomic E-state index is 13.0. The number of hydrogen-bond acceptors (Lipinski definition) is 3. The van der Waals surface area contributed by atoms with Gasteiger partial charge in [-0.25, -0.2) is 8.42 Å². The van der Waals surface area contributed by atoms with Gasteiger partial charge in [-0.2, -0.15) is 4.31 Å². The number of nitrogens with zero attached hydrogens (tertiary/aromatic N) is 3. The molecule has 148 valence electrons. The summed E-state index contributed by atoms with van der Waals surface area (Å²) in [7, 11) is -1.65. The molecule has 0 unspecified atom stereocenters. The molecule has 2 aromatic rings. The van der Waals surface area contributed by atoms with Gasteiger partial charge in [0.15, 0.2) is 0 Å². The minimum Gasteiger partial charge on any atom is -0.340 e. The normalized spacial score (nSPS) is 18.4. The number of carbonyl (C=O) groups is 1. The van der Waals surface area contributed by atoms with E-state index < -0.39 is 10.0 Å². The lowest BCUT2D eigenvalue weighted by atomic mass is 10.00. The average molecular weight is 392 g/mol. The molecule has 27 heavy (non-hydrogen) atoms. The summed E-state index contributed by atoms with van der Waals surface area (Å²) in [6.07, 6.45) is 2.19. The van der Waals surface area contributed by atoms with Crippen LogP contribution in [-0.4, -0.2) is 54.3 Å². The first-order chi connectivity index (χ1) is 12.8. The molecule has 0 radical (unpaired) electrons. The van der Waals surface area contributed by atoms with E-state index in [2.05, 4.69) is 6.92 Å². The molecule has 0 saturated carbocycles. The van der Waals surface area contributed by atoms with Crippen LogP contribution < -0.4 is 0 Å². The number of benzene rings is 1. The molecule has 2 heterocycles. The maximum atomic E-state index is 13.0. The molecule has 1 fully saturated rings. The van der Waals surface area contributed by atoms with Gasteiger partial charge < -0.3 is 9.47 Å². The number of likely N-dealkylation sites (tertiary alicyclic amines) is 1. The van der Waals surface area contributed by atoms with Gasteiger partial charge >= 0.3 is 0 Å². The van der Waals surface area contributed by atoms with Gasteiger partial charge in [-0.05, 0) is 43.0 Å². The van der Waals surface area contributed by atoms with Crippen LogP contribution in [0.5, 0.6) is 0 Å². The lowest BCUT2D eigenvalue weighted by Gasteiger charge is -2.31. The summed E-state index contributed by atoms with van der Waals surface area (Å²) >= 11 is 0. The van der Waals surface area contributed by atoms with Gasteiger partial charge in [-0.1, -0.05) is 20.8 Å². The number of aryl methyl sites for hydroxylation is 1. The fourth-order valence-corrected chi connectivity index (χ4v) is 5.44. The highest BCUT2D eigenvalue weighted by Crippen LogP contribution is 2.26. The molecule has 6 nitrogen and oxygen atoms in total. The van der Waals surface area contributed by atoms with E-state index in [-0.39, 0.29) is 10.8 Å². The number of amides is 1. The van der Waals surface area contributed by atoms with E-state index in [4.69, 9.17) is 0 Å². The Morgan fingerprint density at radius 2 is 1.93 bits per heavy atom. The minimum atomic E-state index is -3.52. The van der Waals surface area contributed by atoms with E-state index in [0.717, 1.165) is 36.8 Å². The number of fused-ring (bicyclic) bond motifs is 1. The first kappa shape index (κ1) is 19.9. The lowest BCUT2D eigenvalue weighted by molar-refractivity contribution is 0.0674. The van der Waals surface area contributed by atoms with Crippen LogP contribution in [0.4, 0.5) is 0 Å². The number of aromatic nitrogens is 1. The standard InChI is InChI=1S/C20H29N3O3S/c1-5-23(6-2)27(25,26)17-9-10-18-16(12-17)13-19(21(18)4)20(24)22-11-7-8-15(3)14-22/h9-10,12-13,15H,5-8,11,14H2,1-4H3/t15-/m0/s1. The van der Waals surface area contributed by atoms with Crippen molar-refractivity contribution in [2.45, 2.75) is 38.5 Å². The largest absolute Gasteiger partial charge is 0.340 e. The third kappa shape index (κ3) is 3.62. The van der Waals surface area contributed by atoms with E-state index >= 15 is 0 Å². The minimum absolute atomic E-state index is 0.0217. The Morgan fingerprint density at radius 3 is 2.56 bits per heavy atom. The second-order valence-corrected chi connectivity index (χ2v) is 9.34. The topological polar surface area (TPSA) is 62.6 Å². The molecule has 1 aromatic carbocycles. The number of rotatable bonds is 5. The molecule has 1 aliphatic heterocycles. The van der Waals surface area contributed by atoms with E-state index in [0.29, 0.717) is 24.7 Å². The fraction of sp³-hybridized carbons (Fsp3) is 0.550. The first-order valence-electron chi connectivity index (χ1n) is 9.68. The van der Waals surface area contributed by atoms with Crippen molar-refractivity contribution in [2.75, 3.05) is 26.2 Å². The molecular weight excluding hydrogens is 362 g/mol. The molecule has 3 rings (SSSR count). The Bertz CT molecular complexity index is 945. The summed E-state index contributed by atoms with van der Waals surface area (Å²) in [6.45, 7) is 8.27. The Balaban J connectivity index is 1.99. The second-order valence-electron chi connectivity index (χ2n) is 7.40. The quantitative estimate of drug-likeness (QED) is 0.787. The summed E-state index contributed by atoms with van der Waals surface area (Å²) in [4.78, 5) is 15.2. The van der Waals surface area contributed by atoms with Crippen molar-refractivity contribution in [3.63, 3.8) is 0 Å². The van der Waals surface area contributed by atoms with Gasteiger partial charge in [-0.3, -0.25) is 4.79 Å². The molecular formula is C20H29N3O3S. The summed E-state index contributed by atoms with van der Waals surface area (Å²) in [5, 5.41) is 0.777.